The number of para-hydroxylation sites is 1. The zero-order chi connectivity index (χ0) is 24.6. The van der Waals surface area contributed by atoms with Crippen LogP contribution in [0.1, 0.15) is 22.7 Å². The van der Waals surface area contributed by atoms with Crippen LogP contribution in [0.15, 0.2) is 66.2 Å². The lowest BCUT2D eigenvalue weighted by atomic mass is 9.93. The number of nitrogens with zero attached hydrogens (tertiary/aromatic N) is 1. The third-order valence-electron chi connectivity index (χ3n) is 5.75. The molecule has 1 fully saturated rings. The summed E-state index contributed by atoms with van der Waals surface area (Å²) >= 11 is 5.98. The van der Waals surface area contributed by atoms with Gasteiger partial charge in [0.15, 0.2) is 0 Å². The highest BCUT2D eigenvalue weighted by Gasteiger charge is 2.48. The Labute approximate surface area is 200 Å². The fraction of sp³-hybridized carbons (Fsp3) is 0.154. The SMILES string of the molecule is COc1ccc(/C(O)=C2\C(=O)C(=O)N(c3ccc(F)c(Cl)c3)C2c2ccccc2OC)c(C)c1. The number of methoxy groups -OCH3 is 2. The number of hydrogen-bond acceptors (Lipinski definition) is 5. The number of rotatable bonds is 5. The quantitative estimate of drug-likeness (QED) is 0.299. The van der Waals surface area contributed by atoms with Crippen LogP contribution in [0.2, 0.25) is 5.02 Å². The first kappa shape index (κ1) is 23.3. The highest BCUT2D eigenvalue weighted by Crippen LogP contribution is 2.45. The number of amides is 1. The van der Waals surface area contributed by atoms with Crippen molar-refractivity contribution in [3.8, 4) is 11.5 Å². The molecule has 1 saturated heterocycles. The molecule has 3 aromatic rings. The molecular formula is C26H21ClFNO5. The van der Waals surface area contributed by atoms with Gasteiger partial charge < -0.3 is 14.6 Å². The molecule has 0 radical (unpaired) electrons. The summed E-state index contributed by atoms with van der Waals surface area (Å²) in [5, 5.41) is 11.1. The van der Waals surface area contributed by atoms with Crippen molar-refractivity contribution in [3.63, 3.8) is 0 Å². The number of aryl methyl sites for hydroxylation is 1. The molecule has 3 aromatic carbocycles. The number of benzene rings is 3. The van der Waals surface area contributed by atoms with E-state index in [2.05, 4.69) is 0 Å². The van der Waals surface area contributed by atoms with Gasteiger partial charge in [-0.05, 0) is 55.0 Å². The predicted octanol–water partition coefficient (Wildman–Crippen LogP) is 5.43. The molecule has 1 aliphatic heterocycles. The molecule has 6 nitrogen and oxygen atoms in total. The topological polar surface area (TPSA) is 76.1 Å². The van der Waals surface area contributed by atoms with Crippen LogP contribution in [0.4, 0.5) is 10.1 Å². The standard InChI is InChI=1S/C26H21ClFNO5/c1-14-12-16(33-2)9-10-17(14)24(30)22-23(18-6-4-5-7-21(18)34-3)29(26(32)25(22)31)15-8-11-20(28)19(27)13-15/h4-13,23,30H,1-3H3/b24-22+. The van der Waals surface area contributed by atoms with E-state index < -0.39 is 23.5 Å². The van der Waals surface area contributed by atoms with E-state index >= 15 is 0 Å². The molecule has 1 aliphatic rings. The summed E-state index contributed by atoms with van der Waals surface area (Å²) in [5.41, 5.74) is 1.57. The molecule has 0 spiro atoms. The number of carbonyl (C=O) groups is 2. The van der Waals surface area contributed by atoms with Crippen molar-refractivity contribution in [1.82, 2.24) is 0 Å². The van der Waals surface area contributed by atoms with Gasteiger partial charge in [0, 0.05) is 16.8 Å². The molecular weight excluding hydrogens is 461 g/mol. The van der Waals surface area contributed by atoms with Crippen molar-refractivity contribution in [3.05, 3.63) is 93.8 Å². The Morgan fingerprint density at radius 3 is 2.41 bits per heavy atom. The summed E-state index contributed by atoms with van der Waals surface area (Å²) in [6.45, 7) is 1.76. The van der Waals surface area contributed by atoms with Crippen molar-refractivity contribution in [2.75, 3.05) is 19.1 Å². The fourth-order valence-corrected chi connectivity index (χ4v) is 4.27. The first-order valence-electron chi connectivity index (χ1n) is 10.3. The predicted molar refractivity (Wildman–Crippen MR) is 127 cm³/mol. The van der Waals surface area contributed by atoms with E-state index in [-0.39, 0.29) is 22.0 Å². The normalized spacial score (nSPS) is 17.2. The lowest BCUT2D eigenvalue weighted by Crippen LogP contribution is -2.29. The van der Waals surface area contributed by atoms with E-state index in [1.54, 1.807) is 49.4 Å². The molecule has 1 heterocycles. The smallest absolute Gasteiger partial charge is 0.300 e. The van der Waals surface area contributed by atoms with E-state index in [1.165, 1.54) is 31.3 Å². The molecule has 4 rings (SSSR count). The van der Waals surface area contributed by atoms with Gasteiger partial charge in [0.2, 0.25) is 0 Å². The lowest BCUT2D eigenvalue weighted by Gasteiger charge is -2.27. The van der Waals surface area contributed by atoms with Crippen LogP contribution in [0, 0.1) is 12.7 Å². The average Bonchev–Trinajstić information content (AvgIpc) is 3.10. The maximum Gasteiger partial charge on any atom is 0.300 e. The third kappa shape index (κ3) is 3.88. The number of halogens is 2. The minimum atomic E-state index is -1.04. The first-order valence-corrected chi connectivity index (χ1v) is 10.7. The number of ketones is 1. The summed E-state index contributed by atoms with van der Waals surface area (Å²) in [5.74, 6) is -1.79. The second-order valence-electron chi connectivity index (χ2n) is 7.69. The Balaban J connectivity index is 2.00. The fourth-order valence-electron chi connectivity index (χ4n) is 4.09. The average molecular weight is 482 g/mol. The summed E-state index contributed by atoms with van der Waals surface area (Å²) in [7, 11) is 2.99. The van der Waals surface area contributed by atoms with Crippen molar-refractivity contribution >= 4 is 34.7 Å². The van der Waals surface area contributed by atoms with Gasteiger partial charge >= 0.3 is 0 Å². The van der Waals surface area contributed by atoms with E-state index in [4.69, 9.17) is 21.1 Å². The van der Waals surface area contributed by atoms with Gasteiger partial charge in [0.25, 0.3) is 11.7 Å². The third-order valence-corrected chi connectivity index (χ3v) is 6.04. The monoisotopic (exact) mass is 481 g/mol. The molecule has 1 atom stereocenters. The minimum absolute atomic E-state index is 0.122. The highest BCUT2D eigenvalue weighted by molar-refractivity contribution is 6.52. The van der Waals surface area contributed by atoms with E-state index in [9.17, 15) is 19.1 Å². The molecule has 174 valence electrons. The number of anilines is 1. The van der Waals surface area contributed by atoms with Crippen LogP contribution < -0.4 is 14.4 Å². The van der Waals surface area contributed by atoms with Gasteiger partial charge in [-0.25, -0.2) is 4.39 Å². The molecule has 0 bridgehead atoms. The van der Waals surface area contributed by atoms with Gasteiger partial charge in [-0.3, -0.25) is 14.5 Å². The van der Waals surface area contributed by atoms with E-state index in [0.29, 0.717) is 28.2 Å². The Kier molecular flexibility index (Phi) is 6.30. The summed E-state index contributed by atoms with van der Waals surface area (Å²) in [6, 6.07) is 14.5. The first-order chi connectivity index (χ1) is 16.3. The van der Waals surface area contributed by atoms with Crippen molar-refractivity contribution in [2.45, 2.75) is 13.0 Å². The molecule has 1 unspecified atom stereocenters. The van der Waals surface area contributed by atoms with E-state index in [1.807, 2.05) is 0 Å². The largest absolute Gasteiger partial charge is 0.507 e. The summed E-state index contributed by atoms with van der Waals surface area (Å²) < 4.78 is 24.6. The summed E-state index contributed by atoms with van der Waals surface area (Å²) in [6.07, 6.45) is 0. The molecule has 0 aliphatic carbocycles. The minimum Gasteiger partial charge on any atom is -0.507 e. The number of Topliss-reactive ketones (excluding diaryl/α,β-unsaturated/α-hetero) is 1. The number of ether oxygens (including phenoxy) is 2. The van der Waals surface area contributed by atoms with Crippen LogP contribution >= 0.6 is 11.6 Å². The lowest BCUT2D eigenvalue weighted by molar-refractivity contribution is -0.132. The van der Waals surface area contributed by atoms with Crippen LogP contribution in [0.5, 0.6) is 11.5 Å². The maximum absolute atomic E-state index is 13.8. The van der Waals surface area contributed by atoms with Crippen molar-refractivity contribution < 1.29 is 28.6 Å². The maximum atomic E-state index is 13.8. The molecule has 1 N–H and O–H groups in total. The van der Waals surface area contributed by atoms with Crippen LogP contribution in [0.25, 0.3) is 5.76 Å². The van der Waals surface area contributed by atoms with Crippen LogP contribution in [-0.4, -0.2) is 31.0 Å². The number of aliphatic hydroxyl groups is 1. The zero-order valence-electron chi connectivity index (χ0n) is 18.6. The molecule has 0 saturated carbocycles. The van der Waals surface area contributed by atoms with Crippen LogP contribution in [0.3, 0.4) is 0 Å². The number of hydrogen-bond donors (Lipinski definition) is 1. The second kappa shape index (κ2) is 9.19. The second-order valence-corrected chi connectivity index (χ2v) is 8.10. The number of aliphatic hydroxyl groups excluding tert-OH is 1. The Morgan fingerprint density at radius 2 is 1.76 bits per heavy atom. The van der Waals surface area contributed by atoms with Crippen LogP contribution in [-0.2, 0) is 9.59 Å². The Hall–Kier alpha value is -3.84. The van der Waals surface area contributed by atoms with Crippen molar-refractivity contribution in [1.29, 1.82) is 0 Å². The number of carbonyl (C=O) groups excluding carboxylic acids is 2. The van der Waals surface area contributed by atoms with Crippen molar-refractivity contribution in [2.24, 2.45) is 0 Å². The van der Waals surface area contributed by atoms with Gasteiger partial charge in [-0.2, -0.15) is 0 Å². The van der Waals surface area contributed by atoms with Gasteiger partial charge in [0.1, 0.15) is 23.1 Å². The molecule has 34 heavy (non-hydrogen) atoms. The molecule has 8 heteroatoms. The molecule has 1 amide bonds. The van der Waals surface area contributed by atoms with Gasteiger partial charge in [0.05, 0.1) is 30.9 Å². The van der Waals surface area contributed by atoms with Gasteiger partial charge in [-0.1, -0.05) is 29.8 Å². The van der Waals surface area contributed by atoms with E-state index in [0.717, 1.165) is 6.07 Å². The Morgan fingerprint density at radius 1 is 1.03 bits per heavy atom. The highest BCUT2D eigenvalue weighted by atomic mass is 35.5. The molecule has 0 aromatic heterocycles. The van der Waals surface area contributed by atoms with Gasteiger partial charge in [-0.15, -0.1) is 0 Å². The summed E-state index contributed by atoms with van der Waals surface area (Å²) in [4.78, 5) is 27.7. The Bertz CT molecular complexity index is 1340. The zero-order valence-corrected chi connectivity index (χ0v) is 19.4.